The second-order valence-electron chi connectivity index (χ2n) is 3.59. The van der Waals surface area contributed by atoms with Crippen molar-refractivity contribution in [2.24, 2.45) is 5.41 Å². The molecule has 0 aromatic carbocycles. The quantitative estimate of drug-likeness (QED) is 0.567. The lowest BCUT2D eigenvalue weighted by molar-refractivity contribution is 0.0632. The van der Waals surface area contributed by atoms with Gasteiger partial charge >= 0.3 is 16.0 Å². The van der Waals surface area contributed by atoms with Crippen molar-refractivity contribution in [3.05, 3.63) is 0 Å². The van der Waals surface area contributed by atoms with Crippen LogP contribution in [0.15, 0.2) is 0 Å². The largest absolute Gasteiger partial charge is 0.341 e. The summed E-state index contributed by atoms with van der Waals surface area (Å²) in [5.41, 5.74) is -0.275. The van der Waals surface area contributed by atoms with E-state index in [0.29, 0.717) is 0 Å². The highest BCUT2D eigenvalue weighted by molar-refractivity contribution is 8.59. The Labute approximate surface area is 82.2 Å². The fraction of sp³-hybridized carbons (Fsp3) is 1.00. The molecule has 0 saturated carbocycles. The Hall–Kier alpha value is 0.550. The van der Waals surface area contributed by atoms with Crippen LogP contribution in [0, 0.1) is 5.41 Å². The highest BCUT2D eigenvalue weighted by Crippen LogP contribution is 2.73. The van der Waals surface area contributed by atoms with E-state index in [1.165, 1.54) is 0 Å². The molecule has 1 N–H and O–H groups in total. The highest BCUT2D eigenvalue weighted by atomic mass is 35.7. The van der Waals surface area contributed by atoms with Gasteiger partial charge in [0.2, 0.25) is 0 Å². The molecule has 1 aliphatic rings. The molecule has 1 heterocycles. The maximum atomic E-state index is 10.7. The van der Waals surface area contributed by atoms with Gasteiger partial charge in [-0.2, -0.15) is 8.42 Å². The summed E-state index contributed by atoms with van der Waals surface area (Å²) in [5, 5.41) is 0. The Kier molecular flexibility index (Phi) is 2.94. The van der Waals surface area contributed by atoms with E-state index in [1.807, 2.05) is 13.8 Å². The third kappa shape index (κ3) is 2.52. The number of hydrogen-bond donors (Lipinski definition) is 1. The lowest BCUT2D eigenvalue weighted by Gasteiger charge is -2.37. The molecule has 0 unspecified atom stereocenters. The highest BCUT2D eigenvalue weighted by Gasteiger charge is 2.48. The second kappa shape index (κ2) is 3.29. The van der Waals surface area contributed by atoms with E-state index >= 15 is 0 Å². The summed E-state index contributed by atoms with van der Waals surface area (Å²) in [4.78, 5) is 0. The fourth-order valence-electron chi connectivity index (χ4n) is 0.716. The zero-order valence-corrected chi connectivity index (χ0v) is 9.69. The second-order valence-corrected chi connectivity index (χ2v) is 10.6. The minimum Gasteiger partial charge on any atom is -0.316 e. The number of rotatable bonds is 1. The van der Waals surface area contributed by atoms with Gasteiger partial charge in [-0.05, 0) is 11.2 Å². The van der Waals surface area contributed by atoms with Crippen molar-refractivity contribution in [1.29, 1.82) is 0 Å². The molecular formula is C5H11ClO5PS. The molecule has 0 atom stereocenters. The van der Waals surface area contributed by atoms with Gasteiger partial charge in [0.05, 0.1) is 13.2 Å². The van der Waals surface area contributed by atoms with Gasteiger partial charge in [-0.15, -0.1) is 0 Å². The predicted molar refractivity (Wildman–Crippen MR) is 50.0 cm³/mol. The molecule has 0 bridgehead atoms. The standard InChI is InChI=1S/C5H11ClO5PS/c1-5(2)3-10-12(6,11-4-5)13(7,8)9/h3-4H2,1-2H3,(H,7,8,9). The first-order valence-electron chi connectivity index (χ1n) is 3.52. The van der Waals surface area contributed by atoms with Crippen molar-refractivity contribution in [2.45, 2.75) is 13.8 Å². The van der Waals surface area contributed by atoms with Crippen molar-refractivity contribution in [3.63, 3.8) is 0 Å². The van der Waals surface area contributed by atoms with E-state index in [4.69, 9.17) is 24.8 Å². The van der Waals surface area contributed by atoms with Crippen LogP contribution in [0.5, 0.6) is 0 Å². The smallest absolute Gasteiger partial charge is 0.316 e. The summed E-state index contributed by atoms with van der Waals surface area (Å²) in [7, 11) is -4.44. The van der Waals surface area contributed by atoms with Crippen LogP contribution in [0.25, 0.3) is 0 Å². The van der Waals surface area contributed by atoms with Crippen LogP contribution in [0.1, 0.15) is 13.8 Å². The van der Waals surface area contributed by atoms with Gasteiger partial charge in [0.25, 0.3) is 0 Å². The Morgan fingerprint density at radius 1 is 1.38 bits per heavy atom. The molecule has 79 valence electrons. The van der Waals surface area contributed by atoms with Gasteiger partial charge in [-0.25, -0.2) is 0 Å². The Bertz CT molecular complexity index is 290. The van der Waals surface area contributed by atoms with Crippen molar-refractivity contribution in [3.8, 4) is 0 Å². The average Bonchev–Trinajstić information content (AvgIpc) is 1.94. The molecule has 1 aliphatic heterocycles. The van der Waals surface area contributed by atoms with E-state index < -0.39 is 16.0 Å². The van der Waals surface area contributed by atoms with Gasteiger partial charge in [0, 0.05) is 5.41 Å². The predicted octanol–water partition coefficient (Wildman–Crippen LogP) is 1.86. The zero-order chi connectivity index (χ0) is 10.3. The van der Waals surface area contributed by atoms with Gasteiger partial charge in [-0.3, -0.25) is 4.55 Å². The summed E-state index contributed by atoms with van der Waals surface area (Å²) in [5.74, 6) is 0. The SMILES string of the molecule is CC1(C)CO[P](Cl)(S(=O)(=O)O)OC1. The van der Waals surface area contributed by atoms with Crippen LogP contribution in [-0.4, -0.2) is 26.2 Å². The summed E-state index contributed by atoms with van der Waals surface area (Å²) in [6.07, 6.45) is -3.63. The molecule has 13 heavy (non-hydrogen) atoms. The molecule has 8 heteroatoms. The van der Waals surface area contributed by atoms with Crippen molar-refractivity contribution >= 4 is 27.2 Å². The van der Waals surface area contributed by atoms with Crippen molar-refractivity contribution in [2.75, 3.05) is 13.2 Å². The van der Waals surface area contributed by atoms with E-state index in [1.54, 1.807) is 0 Å². The molecular weight excluding hydrogens is 239 g/mol. The molecule has 1 saturated heterocycles. The first-order valence-corrected chi connectivity index (χ1v) is 8.09. The van der Waals surface area contributed by atoms with Gasteiger partial charge in [-0.1, -0.05) is 13.8 Å². The Morgan fingerprint density at radius 2 is 1.77 bits per heavy atom. The van der Waals surface area contributed by atoms with E-state index in [-0.39, 0.29) is 18.6 Å². The maximum Gasteiger partial charge on any atom is 0.341 e. The third-order valence-corrected chi connectivity index (χ3v) is 7.36. The first-order chi connectivity index (χ1) is 5.66. The molecule has 0 aliphatic carbocycles. The molecule has 1 fully saturated rings. The molecule has 0 aromatic rings. The van der Waals surface area contributed by atoms with E-state index in [2.05, 4.69) is 0 Å². The van der Waals surface area contributed by atoms with Gasteiger partial charge in [0.1, 0.15) is 0 Å². The monoisotopic (exact) mass is 249 g/mol. The average molecular weight is 250 g/mol. The molecule has 5 nitrogen and oxygen atoms in total. The van der Waals surface area contributed by atoms with Crippen LogP contribution >= 0.6 is 17.5 Å². The van der Waals surface area contributed by atoms with Crippen LogP contribution in [-0.2, 0) is 18.8 Å². The lowest BCUT2D eigenvalue weighted by atomic mass is 9.97. The minimum atomic E-state index is -4.44. The Balaban J connectivity index is 2.79. The van der Waals surface area contributed by atoms with E-state index in [0.717, 1.165) is 0 Å². The molecule has 0 spiro atoms. The third-order valence-electron chi connectivity index (χ3n) is 1.49. The summed E-state index contributed by atoms with van der Waals surface area (Å²) in [6.45, 7) is 4.00. The van der Waals surface area contributed by atoms with Gasteiger partial charge < -0.3 is 9.05 Å². The Morgan fingerprint density at radius 3 is 2.08 bits per heavy atom. The maximum absolute atomic E-state index is 10.7. The van der Waals surface area contributed by atoms with Crippen LogP contribution in [0.2, 0.25) is 0 Å². The topological polar surface area (TPSA) is 72.8 Å². The molecule has 1 rings (SSSR count). The van der Waals surface area contributed by atoms with E-state index in [9.17, 15) is 8.42 Å². The zero-order valence-electron chi connectivity index (χ0n) is 7.23. The van der Waals surface area contributed by atoms with Gasteiger partial charge in [0.15, 0.2) is 0 Å². The van der Waals surface area contributed by atoms with Crippen LogP contribution in [0.3, 0.4) is 0 Å². The number of hydrogen-bond acceptors (Lipinski definition) is 4. The molecule has 0 aromatic heterocycles. The summed E-state index contributed by atoms with van der Waals surface area (Å²) >= 11 is 5.51. The molecule has 0 amide bonds. The molecule has 1 radical (unpaired) electrons. The first kappa shape index (κ1) is 11.6. The number of halogens is 1. The fourth-order valence-corrected chi connectivity index (χ4v) is 3.47. The van der Waals surface area contributed by atoms with Crippen molar-refractivity contribution < 1.29 is 22.0 Å². The summed E-state index contributed by atoms with van der Waals surface area (Å²) < 4.78 is 39.9. The van der Waals surface area contributed by atoms with Crippen LogP contribution < -0.4 is 0 Å². The van der Waals surface area contributed by atoms with Crippen LogP contribution in [0.4, 0.5) is 0 Å². The lowest BCUT2D eigenvalue weighted by Crippen LogP contribution is -2.31. The summed E-state index contributed by atoms with van der Waals surface area (Å²) in [6, 6.07) is 0. The normalized spacial score (nSPS) is 27.1. The van der Waals surface area contributed by atoms with Crippen molar-refractivity contribution in [1.82, 2.24) is 0 Å². The minimum absolute atomic E-state index is 0.157.